The Kier molecular flexibility index (Phi) is 5.69. The van der Waals surface area contributed by atoms with Gasteiger partial charge in [0, 0.05) is 0 Å². The highest BCUT2D eigenvalue weighted by Gasteiger charge is 2.31. The standard InChI is InChI=1S/C7H5IN2O6S2.ClH/c1-3-4(10-9)2-5(17(11,12)13)6(8)7(3)18(14,15)16;/h2H,1H3,(H-,11,12,13,14,15,16);1H. The molecule has 106 valence electrons. The smallest absolute Gasteiger partial charge is 0.390 e. The molecule has 0 aliphatic heterocycles. The average Bonchev–Trinajstić information content (AvgIpc) is 2.13. The SMILES string of the molecule is Cc1c([N+]#N)cc(S(=O)(=O)O)c(I)c1S(=O)(=O)O.[Cl-]. The molecule has 0 bridgehead atoms. The van der Waals surface area contributed by atoms with E-state index in [0.29, 0.717) is 0 Å². The maximum absolute atomic E-state index is 11.2. The molecule has 0 saturated carbocycles. The Labute approximate surface area is 128 Å². The molecule has 0 fully saturated rings. The fourth-order valence-electron chi connectivity index (χ4n) is 1.29. The van der Waals surface area contributed by atoms with Gasteiger partial charge in [0.15, 0.2) is 4.98 Å². The van der Waals surface area contributed by atoms with Crippen molar-refractivity contribution in [2.75, 3.05) is 0 Å². The van der Waals surface area contributed by atoms with Gasteiger partial charge in [-0.3, -0.25) is 9.11 Å². The number of nitrogens with zero attached hydrogens (tertiary/aromatic N) is 2. The third-order valence-corrected chi connectivity index (χ3v) is 5.81. The van der Waals surface area contributed by atoms with E-state index in [1.165, 1.54) is 29.5 Å². The molecule has 1 aromatic carbocycles. The van der Waals surface area contributed by atoms with Crippen LogP contribution in [0.5, 0.6) is 0 Å². The van der Waals surface area contributed by atoms with Crippen molar-refractivity contribution in [3.8, 4) is 0 Å². The lowest BCUT2D eigenvalue weighted by atomic mass is 10.2. The first kappa shape index (κ1) is 18.5. The lowest BCUT2D eigenvalue weighted by molar-refractivity contribution is -0.0000122. The van der Waals surface area contributed by atoms with Crippen molar-refractivity contribution in [3.05, 3.63) is 20.2 Å². The molecule has 0 unspecified atom stereocenters. The molecule has 0 aromatic heterocycles. The molecule has 8 nitrogen and oxygen atoms in total. The second-order valence-electron chi connectivity index (χ2n) is 3.21. The van der Waals surface area contributed by atoms with Gasteiger partial charge in [0.05, 0.1) is 15.2 Å². The lowest BCUT2D eigenvalue weighted by Gasteiger charge is -2.06. The summed E-state index contributed by atoms with van der Waals surface area (Å²) in [7, 11) is -9.45. The molecule has 0 spiro atoms. The molecule has 12 heteroatoms. The fraction of sp³-hybridized carbons (Fsp3) is 0.143. The quantitative estimate of drug-likeness (QED) is 0.327. The molecule has 0 heterocycles. The van der Waals surface area contributed by atoms with Crippen molar-refractivity contribution in [2.45, 2.75) is 16.7 Å². The highest BCUT2D eigenvalue weighted by Crippen LogP contribution is 2.34. The van der Waals surface area contributed by atoms with Crippen LogP contribution >= 0.6 is 22.6 Å². The summed E-state index contributed by atoms with van der Waals surface area (Å²) in [6, 6.07) is 0.793. The van der Waals surface area contributed by atoms with Crippen LogP contribution in [0.15, 0.2) is 15.9 Å². The Morgan fingerprint density at radius 1 is 1.21 bits per heavy atom. The summed E-state index contributed by atoms with van der Waals surface area (Å²) in [6.07, 6.45) is 0. The van der Waals surface area contributed by atoms with Crippen molar-refractivity contribution < 1.29 is 38.3 Å². The van der Waals surface area contributed by atoms with E-state index in [4.69, 9.17) is 14.5 Å². The molecule has 0 saturated heterocycles. The molecular formula is C7H6ClIN2O6S2. The van der Waals surface area contributed by atoms with Gasteiger partial charge in [-0.2, -0.15) is 16.8 Å². The first-order valence-corrected chi connectivity index (χ1v) is 8.09. The first-order chi connectivity index (χ1) is 8.00. The molecule has 0 atom stereocenters. The first-order valence-electron chi connectivity index (χ1n) is 4.13. The minimum Gasteiger partial charge on any atom is -1.00 e. The van der Waals surface area contributed by atoms with E-state index in [2.05, 4.69) is 4.98 Å². The van der Waals surface area contributed by atoms with E-state index in [-0.39, 0.29) is 21.5 Å². The van der Waals surface area contributed by atoms with E-state index in [1.807, 2.05) is 0 Å². The van der Waals surface area contributed by atoms with Gasteiger partial charge in [-0.15, -0.1) is 0 Å². The van der Waals surface area contributed by atoms with Gasteiger partial charge in [0.2, 0.25) is 5.39 Å². The van der Waals surface area contributed by atoms with Crippen LogP contribution in [0, 0.1) is 15.9 Å². The molecule has 2 N–H and O–H groups in total. The molecule has 1 aromatic rings. The number of hydrogen-bond acceptors (Lipinski definition) is 5. The van der Waals surface area contributed by atoms with Crippen LogP contribution in [-0.2, 0) is 20.2 Å². The number of diazo groups is 1. The zero-order valence-electron chi connectivity index (χ0n) is 9.07. The van der Waals surface area contributed by atoms with Gasteiger partial charge < -0.3 is 12.4 Å². The summed E-state index contributed by atoms with van der Waals surface area (Å²) >= 11 is 1.35. The third kappa shape index (κ3) is 3.74. The molecule has 19 heavy (non-hydrogen) atoms. The minimum atomic E-state index is -4.73. The Balaban J connectivity index is 0.00000324. The summed E-state index contributed by atoms with van der Waals surface area (Å²) in [5.41, 5.74) is -0.535. The van der Waals surface area contributed by atoms with Crippen molar-refractivity contribution in [3.63, 3.8) is 0 Å². The molecule has 0 aliphatic rings. The van der Waals surface area contributed by atoms with Gasteiger partial charge >= 0.3 is 5.69 Å². The second kappa shape index (κ2) is 5.85. The normalized spacial score (nSPS) is 11.5. The maximum Gasteiger partial charge on any atom is 0.390 e. The highest BCUT2D eigenvalue weighted by molar-refractivity contribution is 14.1. The van der Waals surface area contributed by atoms with E-state index in [9.17, 15) is 16.8 Å². The van der Waals surface area contributed by atoms with Crippen molar-refractivity contribution in [1.82, 2.24) is 0 Å². The van der Waals surface area contributed by atoms with Crippen LogP contribution in [-0.4, -0.2) is 25.9 Å². The van der Waals surface area contributed by atoms with Gasteiger partial charge in [-0.25, -0.2) is 0 Å². The zero-order valence-corrected chi connectivity index (χ0v) is 13.6. The zero-order chi connectivity index (χ0) is 14.3. The summed E-state index contributed by atoms with van der Waals surface area (Å²) in [5, 5.41) is 8.66. The van der Waals surface area contributed by atoms with E-state index < -0.39 is 35.7 Å². The molecule has 0 radical (unpaired) electrons. The Bertz CT molecular complexity index is 768. The fourth-order valence-corrected chi connectivity index (χ4v) is 5.00. The number of halogens is 2. The van der Waals surface area contributed by atoms with E-state index in [1.54, 1.807) is 0 Å². The third-order valence-electron chi connectivity index (χ3n) is 2.05. The molecule has 1 rings (SSSR count). The van der Waals surface area contributed by atoms with Crippen LogP contribution in [0.4, 0.5) is 5.69 Å². The predicted molar refractivity (Wildman–Crippen MR) is 68.3 cm³/mol. The monoisotopic (exact) mass is 440 g/mol. The van der Waals surface area contributed by atoms with Crippen LogP contribution in [0.3, 0.4) is 0 Å². The molecule has 0 amide bonds. The summed E-state index contributed by atoms with van der Waals surface area (Å²) in [6.45, 7) is 1.22. The number of benzene rings is 1. The Hall–Kier alpha value is -0.520. The largest absolute Gasteiger partial charge is 1.00 e. The van der Waals surface area contributed by atoms with Gasteiger partial charge in [-0.1, -0.05) is 0 Å². The highest BCUT2D eigenvalue weighted by atomic mass is 127. The minimum absolute atomic E-state index is 0. The van der Waals surface area contributed by atoms with Crippen molar-refractivity contribution in [2.24, 2.45) is 0 Å². The van der Waals surface area contributed by atoms with E-state index >= 15 is 0 Å². The van der Waals surface area contributed by atoms with Gasteiger partial charge in [-0.05, 0) is 29.5 Å². The topological polar surface area (TPSA) is 137 Å². The summed E-state index contributed by atoms with van der Waals surface area (Å²) < 4.78 is 62.1. The Morgan fingerprint density at radius 3 is 2.00 bits per heavy atom. The van der Waals surface area contributed by atoms with Crippen LogP contribution in [0.25, 0.3) is 4.98 Å². The average molecular weight is 441 g/mol. The lowest BCUT2D eigenvalue weighted by Crippen LogP contribution is -3.00. The van der Waals surface area contributed by atoms with Crippen LogP contribution in [0.2, 0.25) is 0 Å². The number of hydrogen-bond donors (Lipinski definition) is 2. The maximum atomic E-state index is 11.2. The Morgan fingerprint density at radius 2 is 1.68 bits per heavy atom. The molecule has 0 aliphatic carbocycles. The predicted octanol–water partition coefficient (Wildman–Crippen LogP) is -1.42. The second-order valence-corrected chi connectivity index (χ2v) is 7.04. The van der Waals surface area contributed by atoms with Gasteiger partial charge in [0.1, 0.15) is 9.79 Å². The van der Waals surface area contributed by atoms with Crippen molar-refractivity contribution >= 4 is 48.5 Å². The summed E-state index contributed by atoms with van der Waals surface area (Å²) in [4.78, 5) is 1.21. The van der Waals surface area contributed by atoms with Crippen LogP contribution < -0.4 is 12.4 Å². The summed E-state index contributed by atoms with van der Waals surface area (Å²) in [5.74, 6) is 0. The number of rotatable bonds is 2. The van der Waals surface area contributed by atoms with Crippen LogP contribution in [0.1, 0.15) is 5.56 Å². The van der Waals surface area contributed by atoms with E-state index in [0.717, 1.165) is 6.07 Å². The molecular weight excluding hydrogens is 435 g/mol. The van der Waals surface area contributed by atoms with Crippen molar-refractivity contribution in [1.29, 1.82) is 5.39 Å². The van der Waals surface area contributed by atoms with Gasteiger partial charge in [0.25, 0.3) is 20.2 Å².